The number of nitrogens with one attached hydrogen (secondary N) is 1. The summed E-state index contributed by atoms with van der Waals surface area (Å²) in [5.41, 5.74) is 7.81. The second-order valence-corrected chi connectivity index (χ2v) is 7.36. The summed E-state index contributed by atoms with van der Waals surface area (Å²) in [5, 5.41) is 2.65. The number of aromatic nitrogens is 2. The number of hydrogen-bond acceptors (Lipinski definition) is 1. The zero-order valence-electron chi connectivity index (χ0n) is 13.3. The first-order chi connectivity index (χ1) is 11.8. The second-order valence-electron chi connectivity index (χ2n) is 6.51. The van der Waals surface area contributed by atoms with E-state index in [1.54, 1.807) is 0 Å². The Morgan fingerprint density at radius 1 is 0.917 bits per heavy atom. The van der Waals surface area contributed by atoms with Crippen molar-refractivity contribution in [1.82, 2.24) is 9.97 Å². The van der Waals surface area contributed by atoms with E-state index in [0.29, 0.717) is 0 Å². The molecule has 0 radical (unpaired) electrons. The monoisotopic (exact) mass is 376 g/mol. The Labute approximate surface area is 149 Å². The number of aryl methyl sites for hydroxylation is 1. The lowest BCUT2D eigenvalue weighted by molar-refractivity contribution is 0.689. The molecular weight excluding hydrogens is 360 g/mol. The van der Waals surface area contributed by atoms with Crippen LogP contribution in [0.3, 0.4) is 0 Å². The number of aromatic amines is 1. The molecule has 0 spiro atoms. The molecule has 2 nitrogen and oxygen atoms in total. The molecule has 0 atom stereocenters. The van der Waals surface area contributed by atoms with Crippen LogP contribution in [0.5, 0.6) is 0 Å². The lowest BCUT2D eigenvalue weighted by Crippen LogP contribution is -2.08. The molecule has 2 heterocycles. The number of H-pyrrole nitrogens is 1. The van der Waals surface area contributed by atoms with Crippen LogP contribution >= 0.6 is 15.9 Å². The summed E-state index contributed by atoms with van der Waals surface area (Å²) in [4.78, 5) is 8.23. The van der Waals surface area contributed by atoms with Crippen molar-refractivity contribution >= 4 is 37.7 Å². The normalized spacial score (nSPS) is 14.2. The molecule has 3 heteroatoms. The first kappa shape index (κ1) is 14.2. The molecule has 0 unspecified atom stereocenters. The Morgan fingerprint density at radius 2 is 1.75 bits per heavy atom. The number of halogens is 1. The molecule has 1 N–H and O–H groups in total. The summed E-state index contributed by atoms with van der Waals surface area (Å²) < 4.78 is 1.14. The highest BCUT2D eigenvalue weighted by Gasteiger charge is 2.20. The van der Waals surface area contributed by atoms with Crippen LogP contribution in [-0.4, -0.2) is 9.97 Å². The van der Waals surface area contributed by atoms with E-state index in [1.807, 2.05) is 6.20 Å². The van der Waals surface area contributed by atoms with Crippen LogP contribution in [0.4, 0.5) is 0 Å². The van der Waals surface area contributed by atoms with Gasteiger partial charge in [-0.15, -0.1) is 0 Å². The van der Waals surface area contributed by atoms with Crippen LogP contribution < -0.4 is 0 Å². The zero-order chi connectivity index (χ0) is 16.1. The summed E-state index contributed by atoms with van der Waals surface area (Å²) in [6.45, 7) is 0. The molecule has 2 aromatic heterocycles. The van der Waals surface area contributed by atoms with E-state index in [1.165, 1.54) is 51.5 Å². The topological polar surface area (TPSA) is 28.7 Å². The van der Waals surface area contributed by atoms with Crippen molar-refractivity contribution in [2.75, 3.05) is 0 Å². The molecule has 5 rings (SSSR count). The Hall–Kier alpha value is -2.13. The quantitative estimate of drug-likeness (QED) is 0.431. The van der Waals surface area contributed by atoms with Gasteiger partial charge in [-0.1, -0.05) is 34.1 Å². The second kappa shape index (κ2) is 5.45. The lowest BCUT2D eigenvalue weighted by atomic mass is 9.85. The van der Waals surface area contributed by atoms with Gasteiger partial charge in [0.15, 0.2) is 0 Å². The van der Waals surface area contributed by atoms with Crippen molar-refractivity contribution in [2.24, 2.45) is 0 Å². The van der Waals surface area contributed by atoms with Gasteiger partial charge >= 0.3 is 0 Å². The molecule has 0 amide bonds. The molecule has 0 bridgehead atoms. The number of hydrogen-bond donors (Lipinski definition) is 1. The predicted molar refractivity (Wildman–Crippen MR) is 103 cm³/mol. The van der Waals surface area contributed by atoms with Gasteiger partial charge in [0.25, 0.3) is 0 Å². The minimum atomic E-state index is 1.09. The van der Waals surface area contributed by atoms with E-state index in [2.05, 4.69) is 68.4 Å². The first-order valence-electron chi connectivity index (χ1n) is 8.49. The van der Waals surface area contributed by atoms with Gasteiger partial charge in [0.05, 0.1) is 11.2 Å². The Morgan fingerprint density at radius 3 is 2.62 bits per heavy atom. The maximum atomic E-state index is 4.49. The van der Waals surface area contributed by atoms with Crippen LogP contribution in [-0.2, 0) is 12.8 Å². The number of rotatable bonds is 1. The van der Waals surface area contributed by atoms with Crippen LogP contribution in [0.2, 0.25) is 0 Å². The van der Waals surface area contributed by atoms with Gasteiger partial charge in [0.2, 0.25) is 0 Å². The Balaban J connectivity index is 1.93. The molecule has 0 aliphatic heterocycles. The fraction of sp³-hybridized carbons (Fsp3) is 0.190. The van der Waals surface area contributed by atoms with E-state index in [0.717, 1.165) is 22.8 Å². The third-order valence-electron chi connectivity index (χ3n) is 5.15. The van der Waals surface area contributed by atoms with Crippen molar-refractivity contribution in [1.29, 1.82) is 0 Å². The zero-order valence-corrected chi connectivity index (χ0v) is 14.9. The van der Waals surface area contributed by atoms with Gasteiger partial charge in [-0.2, -0.15) is 0 Å². The summed E-state index contributed by atoms with van der Waals surface area (Å²) in [6, 6.07) is 14.9. The average Bonchev–Trinajstić information content (AvgIpc) is 3.10. The maximum absolute atomic E-state index is 4.49. The highest BCUT2D eigenvalue weighted by atomic mass is 79.9. The minimum Gasteiger partial charge on any atom is -0.354 e. The van der Waals surface area contributed by atoms with Crippen molar-refractivity contribution < 1.29 is 0 Å². The molecule has 0 fully saturated rings. The largest absolute Gasteiger partial charge is 0.354 e. The van der Waals surface area contributed by atoms with Crippen LogP contribution in [0, 0.1) is 0 Å². The fourth-order valence-corrected chi connectivity index (χ4v) is 4.56. The fourth-order valence-electron chi connectivity index (χ4n) is 4.07. The van der Waals surface area contributed by atoms with Crippen molar-refractivity contribution in [3.8, 4) is 11.3 Å². The number of pyridine rings is 1. The number of benzene rings is 2. The summed E-state index contributed by atoms with van der Waals surface area (Å²) in [5.74, 6) is 0. The van der Waals surface area contributed by atoms with Crippen molar-refractivity contribution in [3.63, 3.8) is 0 Å². The lowest BCUT2D eigenvalue weighted by Gasteiger charge is -2.23. The molecule has 24 heavy (non-hydrogen) atoms. The van der Waals surface area contributed by atoms with Gasteiger partial charge in [-0.25, -0.2) is 0 Å². The Kier molecular flexibility index (Phi) is 3.23. The summed E-state index contributed by atoms with van der Waals surface area (Å²) in [7, 11) is 0. The highest BCUT2D eigenvalue weighted by molar-refractivity contribution is 9.10. The summed E-state index contributed by atoms with van der Waals surface area (Å²) in [6.07, 6.45) is 6.75. The SMILES string of the molecule is Brc1ccccc1-c1[nH]c2ccc3nccc3c2c2c1CCCC2. The van der Waals surface area contributed by atoms with E-state index in [-0.39, 0.29) is 0 Å². The van der Waals surface area contributed by atoms with Crippen molar-refractivity contribution in [3.05, 3.63) is 64.3 Å². The molecule has 2 aromatic carbocycles. The standard InChI is InChI=1S/C21H17BrN2/c22-17-8-4-3-7-15(17)21-14-6-2-1-5-13(14)20-16-11-12-23-18(16)9-10-19(20)24-21/h3-4,7-12,24H,1-2,5-6H2. The van der Waals surface area contributed by atoms with Gasteiger partial charge < -0.3 is 4.98 Å². The van der Waals surface area contributed by atoms with Gasteiger partial charge in [0, 0.05) is 32.5 Å². The predicted octanol–water partition coefficient (Wildman–Crippen LogP) is 6.02. The third-order valence-corrected chi connectivity index (χ3v) is 5.84. The smallest absolute Gasteiger partial charge is 0.0710 e. The molecule has 0 saturated heterocycles. The van der Waals surface area contributed by atoms with Crippen LogP contribution in [0.15, 0.2) is 53.1 Å². The first-order valence-corrected chi connectivity index (χ1v) is 9.28. The van der Waals surface area contributed by atoms with Crippen LogP contribution in [0.25, 0.3) is 33.1 Å². The molecule has 4 aromatic rings. The molecule has 1 aliphatic rings. The van der Waals surface area contributed by atoms with E-state index < -0.39 is 0 Å². The highest BCUT2D eigenvalue weighted by Crippen LogP contribution is 2.39. The molecule has 0 saturated carbocycles. The van der Waals surface area contributed by atoms with E-state index in [9.17, 15) is 0 Å². The van der Waals surface area contributed by atoms with Gasteiger partial charge in [-0.3, -0.25) is 4.98 Å². The molecule has 118 valence electrons. The molecule has 1 aliphatic carbocycles. The van der Waals surface area contributed by atoms with Crippen molar-refractivity contribution in [2.45, 2.75) is 25.7 Å². The summed E-state index contributed by atoms with van der Waals surface area (Å²) >= 11 is 3.73. The average molecular weight is 377 g/mol. The third kappa shape index (κ3) is 2.04. The van der Waals surface area contributed by atoms with Gasteiger partial charge in [0.1, 0.15) is 0 Å². The molecular formula is C21H17BrN2. The van der Waals surface area contributed by atoms with Crippen LogP contribution in [0.1, 0.15) is 24.0 Å². The minimum absolute atomic E-state index is 1.09. The Bertz CT molecular complexity index is 1080. The number of fused-ring (bicyclic) bond motifs is 5. The van der Waals surface area contributed by atoms with Gasteiger partial charge in [-0.05, 0) is 61.1 Å². The maximum Gasteiger partial charge on any atom is 0.0710 e. The number of nitrogens with zero attached hydrogens (tertiary/aromatic N) is 1. The van der Waals surface area contributed by atoms with E-state index >= 15 is 0 Å². The van der Waals surface area contributed by atoms with E-state index in [4.69, 9.17) is 0 Å².